The van der Waals surface area contributed by atoms with E-state index in [2.05, 4.69) is 32.1 Å². The molecule has 27 heavy (non-hydrogen) atoms. The molecule has 4 nitrogen and oxygen atoms in total. The Labute approximate surface area is 162 Å². The molecule has 4 heteroatoms. The zero-order chi connectivity index (χ0) is 19.9. The van der Waals surface area contributed by atoms with Crippen LogP contribution in [0.25, 0.3) is 0 Å². The van der Waals surface area contributed by atoms with Gasteiger partial charge in [-0.25, -0.2) is 4.79 Å². The van der Waals surface area contributed by atoms with E-state index in [-0.39, 0.29) is 11.5 Å². The lowest BCUT2D eigenvalue weighted by Crippen LogP contribution is -2.53. The van der Waals surface area contributed by atoms with Crippen molar-refractivity contribution in [2.75, 3.05) is 13.1 Å². The highest BCUT2D eigenvalue weighted by Gasteiger charge is 2.51. The number of carbonyl (C=O) groups excluding carboxylic acids is 2. The van der Waals surface area contributed by atoms with Crippen molar-refractivity contribution in [2.45, 2.75) is 59.5 Å². The van der Waals surface area contributed by atoms with Gasteiger partial charge in [-0.3, -0.25) is 4.79 Å². The second kappa shape index (κ2) is 6.81. The molecule has 1 aromatic rings. The zero-order valence-electron chi connectivity index (χ0n) is 17.2. The molecule has 146 valence electrons. The fourth-order valence-corrected chi connectivity index (χ4v) is 4.60. The molecule has 0 bridgehead atoms. The molecule has 0 saturated heterocycles. The van der Waals surface area contributed by atoms with Crippen LogP contribution in [-0.4, -0.2) is 35.5 Å². The van der Waals surface area contributed by atoms with Crippen molar-refractivity contribution in [1.29, 1.82) is 0 Å². The average Bonchev–Trinajstić information content (AvgIpc) is 2.58. The summed E-state index contributed by atoms with van der Waals surface area (Å²) < 4.78 is 5.56. The number of Topliss-reactive ketones (excluding diaryl/α,β-unsaturated/α-hetero) is 1. The molecule has 2 aliphatic rings. The molecular formula is C23H31NO3. The lowest BCUT2D eigenvalue weighted by molar-refractivity contribution is -0.129. The molecule has 1 fully saturated rings. The Balaban J connectivity index is 1.89. The van der Waals surface area contributed by atoms with E-state index >= 15 is 0 Å². The minimum absolute atomic E-state index is 0.188. The third kappa shape index (κ3) is 3.95. The molecule has 1 aliphatic carbocycles. The van der Waals surface area contributed by atoms with Crippen LogP contribution in [0.3, 0.4) is 0 Å². The van der Waals surface area contributed by atoms with E-state index < -0.39 is 11.0 Å². The molecule has 0 unspecified atom stereocenters. The monoisotopic (exact) mass is 369 g/mol. The topological polar surface area (TPSA) is 46.6 Å². The standard InChI is InChI=1S/C23H31NO3/c1-21(2,3)27-20(26)24-14-12-18-22(4,16-24)13-11-19(25)23(18,5)15-17-9-7-6-8-10-17/h6-10,12H,11,13-16H2,1-5H3/t22-,23-/m0/s1. The lowest BCUT2D eigenvalue weighted by Gasteiger charge is -2.51. The van der Waals surface area contributed by atoms with E-state index in [9.17, 15) is 9.59 Å². The molecule has 1 aliphatic heterocycles. The molecule has 0 N–H and O–H groups in total. The minimum Gasteiger partial charge on any atom is -0.444 e. The fraction of sp³-hybridized carbons (Fsp3) is 0.565. The quantitative estimate of drug-likeness (QED) is 0.705. The first kappa shape index (κ1) is 19.7. The van der Waals surface area contributed by atoms with Gasteiger partial charge < -0.3 is 9.64 Å². The van der Waals surface area contributed by atoms with E-state index in [4.69, 9.17) is 4.74 Å². The van der Waals surface area contributed by atoms with Crippen LogP contribution >= 0.6 is 0 Å². The van der Waals surface area contributed by atoms with E-state index in [0.29, 0.717) is 31.7 Å². The Hall–Kier alpha value is -2.10. The van der Waals surface area contributed by atoms with Gasteiger partial charge >= 0.3 is 6.09 Å². The number of hydrogen-bond acceptors (Lipinski definition) is 3. The smallest absolute Gasteiger partial charge is 0.410 e. The van der Waals surface area contributed by atoms with Crippen LogP contribution < -0.4 is 0 Å². The third-order valence-corrected chi connectivity index (χ3v) is 5.87. The first-order valence-electron chi connectivity index (χ1n) is 9.80. The maximum Gasteiger partial charge on any atom is 0.410 e. The number of ketones is 1. The van der Waals surface area contributed by atoms with Gasteiger partial charge in [-0.1, -0.05) is 48.9 Å². The van der Waals surface area contributed by atoms with Gasteiger partial charge in [0.2, 0.25) is 0 Å². The maximum absolute atomic E-state index is 13.0. The summed E-state index contributed by atoms with van der Waals surface area (Å²) in [6, 6.07) is 10.2. The molecule has 1 saturated carbocycles. The number of rotatable bonds is 2. The molecule has 2 atom stereocenters. The van der Waals surface area contributed by atoms with Gasteiger partial charge in [-0.15, -0.1) is 0 Å². The van der Waals surface area contributed by atoms with Crippen molar-refractivity contribution >= 4 is 11.9 Å². The van der Waals surface area contributed by atoms with Crippen LogP contribution in [0.4, 0.5) is 4.79 Å². The molecule has 1 amide bonds. The summed E-state index contributed by atoms with van der Waals surface area (Å²) in [5.41, 5.74) is 1.16. The SMILES string of the molecule is CC(C)(C)OC(=O)N1CC=C2[C@@](C)(CCC(=O)[C@@]2(C)Cc2ccccc2)C1. The highest BCUT2D eigenvalue weighted by Crippen LogP contribution is 2.52. The van der Waals surface area contributed by atoms with E-state index in [1.165, 1.54) is 11.1 Å². The summed E-state index contributed by atoms with van der Waals surface area (Å²) in [7, 11) is 0. The maximum atomic E-state index is 13.0. The van der Waals surface area contributed by atoms with Gasteiger partial charge in [0.25, 0.3) is 0 Å². The molecule has 0 aromatic heterocycles. The number of nitrogens with zero attached hydrogens (tertiary/aromatic N) is 1. The second-order valence-electron chi connectivity index (χ2n) is 9.46. The summed E-state index contributed by atoms with van der Waals surface area (Å²) in [6.07, 6.45) is 3.87. The van der Waals surface area contributed by atoms with Crippen molar-refractivity contribution in [3.05, 3.63) is 47.5 Å². The van der Waals surface area contributed by atoms with Crippen molar-refractivity contribution in [1.82, 2.24) is 4.90 Å². The average molecular weight is 370 g/mol. The summed E-state index contributed by atoms with van der Waals surface area (Å²) in [4.78, 5) is 27.3. The van der Waals surface area contributed by atoms with E-state index in [1.54, 1.807) is 4.90 Å². The Morgan fingerprint density at radius 3 is 2.48 bits per heavy atom. The van der Waals surface area contributed by atoms with Gasteiger partial charge in [-0.2, -0.15) is 0 Å². The van der Waals surface area contributed by atoms with Crippen LogP contribution in [0.1, 0.15) is 53.0 Å². The highest BCUT2D eigenvalue weighted by atomic mass is 16.6. The number of hydrogen-bond donors (Lipinski definition) is 0. The summed E-state index contributed by atoms with van der Waals surface area (Å²) in [6.45, 7) is 11.0. The third-order valence-electron chi connectivity index (χ3n) is 5.87. The van der Waals surface area contributed by atoms with Crippen molar-refractivity contribution in [3.8, 4) is 0 Å². The Bertz CT molecular complexity index is 762. The Kier molecular flexibility index (Phi) is 4.96. The van der Waals surface area contributed by atoms with Crippen molar-refractivity contribution < 1.29 is 14.3 Å². The van der Waals surface area contributed by atoms with Gasteiger partial charge in [0.15, 0.2) is 0 Å². The molecule has 0 spiro atoms. The largest absolute Gasteiger partial charge is 0.444 e. The Morgan fingerprint density at radius 2 is 1.85 bits per heavy atom. The number of carbonyl (C=O) groups is 2. The summed E-state index contributed by atoms with van der Waals surface area (Å²) in [5, 5.41) is 0. The van der Waals surface area contributed by atoms with Gasteiger partial charge in [0.05, 0.1) is 5.41 Å². The van der Waals surface area contributed by atoms with E-state index in [1.807, 2.05) is 39.0 Å². The Morgan fingerprint density at radius 1 is 1.19 bits per heavy atom. The predicted octanol–water partition coefficient (Wildman–Crippen LogP) is 4.78. The van der Waals surface area contributed by atoms with Crippen LogP contribution in [0.15, 0.2) is 42.0 Å². The normalized spacial score (nSPS) is 28.4. The van der Waals surface area contributed by atoms with Crippen LogP contribution in [0.5, 0.6) is 0 Å². The van der Waals surface area contributed by atoms with Crippen molar-refractivity contribution in [3.63, 3.8) is 0 Å². The lowest BCUT2D eigenvalue weighted by atomic mass is 9.56. The molecular weight excluding hydrogens is 338 g/mol. The zero-order valence-corrected chi connectivity index (χ0v) is 17.2. The van der Waals surface area contributed by atoms with Crippen LogP contribution in [-0.2, 0) is 16.0 Å². The molecule has 1 aromatic carbocycles. The van der Waals surface area contributed by atoms with Gasteiger partial charge in [0.1, 0.15) is 11.4 Å². The highest BCUT2D eigenvalue weighted by molar-refractivity contribution is 5.90. The van der Waals surface area contributed by atoms with E-state index in [0.717, 1.165) is 6.42 Å². The predicted molar refractivity (Wildman–Crippen MR) is 106 cm³/mol. The molecule has 3 rings (SSSR count). The van der Waals surface area contributed by atoms with Gasteiger partial charge in [0, 0.05) is 24.9 Å². The number of fused-ring (bicyclic) bond motifs is 1. The summed E-state index contributed by atoms with van der Waals surface area (Å²) >= 11 is 0. The first-order valence-corrected chi connectivity index (χ1v) is 9.80. The van der Waals surface area contributed by atoms with Crippen molar-refractivity contribution in [2.24, 2.45) is 10.8 Å². The van der Waals surface area contributed by atoms with Crippen LogP contribution in [0, 0.1) is 10.8 Å². The minimum atomic E-state index is -0.508. The molecule has 1 heterocycles. The molecule has 0 radical (unpaired) electrons. The number of ether oxygens (including phenoxy) is 1. The fourth-order valence-electron chi connectivity index (χ4n) is 4.60. The number of amides is 1. The first-order chi connectivity index (χ1) is 12.5. The number of benzene rings is 1. The second-order valence-corrected chi connectivity index (χ2v) is 9.46. The van der Waals surface area contributed by atoms with Crippen LogP contribution in [0.2, 0.25) is 0 Å². The van der Waals surface area contributed by atoms with Gasteiger partial charge in [-0.05, 0) is 46.1 Å². The summed E-state index contributed by atoms with van der Waals surface area (Å²) in [5.74, 6) is 0.306.